The van der Waals surface area contributed by atoms with Crippen LogP contribution in [0.15, 0.2) is 72.8 Å². The first-order valence-corrected chi connectivity index (χ1v) is 8.57. The molecule has 0 heterocycles. The average Bonchev–Trinajstić information content (AvgIpc) is 2.62. The zero-order valence-electron chi connectivity index (χ0n) is 14.4. The van der Waals surface area contributed by atoms with Crippen LogP contribution in [0.4, 0.5) is 0 Å². The predicted octanol–water partition coefficient (Wildman–Crippen LogP) is 4.38. The molecule has 0 aliphatic carbocycles. The molecule has 3 aromatic rings. The fourth-order valence-electron chi connectivity index (χ4n) is 3.30. The Morgan fingerprint density at radius 3 is 2.32 bits per heavy atom. The summed E-state index contributed by atoms with van der Waals surface area (Å²) >= 11 is 0. The summed E-state index contributed by atoms with van der Waals surface area (Å²) in [5.41, 5.74) is 2.54. The molecule has 0 aliphatic rings. The molecule has 0 aromatic heterocycles. The molecule has 128 valence electrons. The Bertz CT molecular complexity index is 845. The van der Waals surface area contributed by atoms with Gasteiger partial charge in [0, 0.05) is 5.92 Å². The second-order valence-electron chi connectivity index (χ2n) is 6.49. The Kier molecular flexibility index (Phi) is 5.46. The number of carboxylic acid groups (broad SMARTS) is 1. The number of aliphatic carboxylic acids is 1. The lowest BCUT2D eigenvalue weighted by atomic mass is 9.87. The zero-order valence-corrected chi connectivity index (χ0v) is 14.4. The van der Waals surface area contributed by atoms with Crippen LogP contribution in [0.2, 0.25) is 0 Å². The summed E-state index contributed by atoms with van der Waals surface area (Å²) in [5, 5.41) is 11.4. The summed E-state index contributed by atoms with van der Waals surface area (Å²) < 4.78 is 0. The van der Waals surface area contributed by atoms with Crippen LogP contribution >= 0.6 is 0 Å². The highest BCUT2D eigenvalue weighted by Gasteiger charge is 2.16. The number of rotatable bonds is 7. The molecule has 3 rings (SSSR count). The Labute approximate surface area is 148 Å². The van der Waals surface area contributed by atoms with E-state index in [1.807, 2.05) is 18.0 Å². The van der Waals surface area contributed by atoms with E-state index in [1.165, 1.54) is 21.9 Å². The van der Waals surface area contributed by atoms with E-state index < -0.39 is 5.97 Å². The number of carbonyl (C=O) groups is 1. The second-order valence-corrected chi connectivity index (χ2v) is 6.49. The molecule has 3 heteroatoms. The topological polar surface area (TPSA) is 40.5 Å². The van der Waals surface area contributed by atoms with Crippen molar-refractivity contribution < 1.29 is 9.90 Å². The van der Waals surface area contributed by atoms with Crippen molar-refractivity contribution in [1.82, 2.24) is 4.90 Å². The highest BCUT2D eigenvalue weighted by atomic mass is 16.4. The number of nitrogens with zero attached hydrogens (tertiary/aromatic N) is 1. The molecule has 0 bridgehead atoms. The van der Waals surface area contributed by atoms with E-state index in [9.17, 15) is 4.79 Å². The van der Waals surface area contributed by atoms with Gasteiger partial charge in [0.05, 0.1) is 6.54 Å². The molecule has 0 fully saturated rings. The summed E-state index contributed by atoms with van der Waals surface area (Å²) in [5.74, 6) is -0.536. The Morgan fingerprint density at radius 2 is 1.60 bits per heavy atom. The number of fused-ring (bicyclic) bond motifs is 1. The first-order valence-electron chi connectivity index (χ1n) is 8.57. The van der Waals surface area contributed by atoms with Crippen LogP contribution in [0.25, 0.3) is 10.8 Å². The van der Waals surface area contributed by atoms with E-state index >= 15 is 0 Å². The van der Waals surface area contributed by atoms with Crippen molar-refractivity contribution in [2.75, 3.05) is 20.1 Å². The monoisotopic (exact) mass is 333 g/mol. The molecule has 25 heavy (non-hydrogen) atoms. The Morgan fingerprint density at radius 1 is 0.920 bits per heavy atom. The lowest BCUT2D eigenvalue weighted by molar-refractivity contribution is -0.137. The van der Waals surface area contributed by atoms with Gasteiger partial charge >= 0.3 is 5.97 Å². The van der Waals surface area contributed by atoms with Crippen LogP contribution in [-0.2, 0) is 4.79 Å². The molecule has 0 radical (unpaired) electrons. The predicted molar refractivity (Wildman–Crippen MR) is 102 cm³/mol. The summed E-state index contributed by atoms with van der Waals surface area (Å²) in [7, 11) is 1.86. The third-order valence-corrected chi connectivity index (χ3v) is 4.58. The SMILES string of the molecule is CN(CCC(c1ccccc1)c1ccc2ccccc2c1)CC(=O)O. The maximum Gasteiger partial charge on any atom is 0.317 e. The smallest absolute Gasteiger partial charge is 0.317 e. The van der Waals surface area contributed by atoms with Gasteiger partial charge in [-0.05, 0) is 41.9 Å². The van der Waals surface area contributed by atoms with Gasteiger partial charge in [0.1, 0.15) is 0 Å². The minimum Gasteiger partial charge on any atom is -0.480 e. The highest BCUT2D eigenvalue weighted by Crippen LogP contribution is 2.30. The summed E-state index contributed by atoms with van der Waals surface area (Å²) in [6.45, 7) is 0.803. The van der Waals surface area contributed by atoms with Gasteiger partial charge in [-0.1, -0.05) is 72.8 Å². The molecule has 0 amide bonds. The number of benzene rings is 3. The number of hydrogen-bond acceptors (Lipinski definition) is 2. The van der Waals surface area contributed by atoms with E-state index in [-0.39, 0.29) is 12.5 Å². The van der Waals surface area contributed by atoms with Crippen molar-refractivity contribution in [1.29, 1.82) is 0 Å². The molecule has 3 aromatic carbocycles. The minimum absolute atomic E-state index is 0.0687. The van der Waals surface area contributed by atoms with Crippen molar-refractivity contribution in [3.05, 3.63) is 83.9 Å². The van der Waals surface area contributed by atoms with Crippen LogP contribution in [0, 0.1) is 0 Å². The lowest BCUT2D eigenvalue weighted by Crippen LogP contribution is -2.27. The fourth-order valence-corrected chi connectivity index (χ4v) is 3.30. The molecule has 0 spiro atoms. The first kappa shape index (κ1) is 17.2. The third-order valence-electron chi connectivity index (χ3n) is 4.58. The van der Waals surface area contributed by atoms with Gasteiger partial charge in [0.2, 0.25) is 0 Å². The van der Waals surface area contributed by atoms with Crippen molar-refractivity contribution in [2.45, 2.75) is 12.3 Å². The van der Waals surface area contributed by atoms with Gasteiger partial charge in [-0.25, -0.2) is 0 Å². The zero-order chi connectivity index (χ0) is 17.6. The fraction of sp³-hybridized carbons (Fsp3) is 0.227. The van der Waals surface area contributed by atoms with Crippen molar-refractivity contribution in [3.8, 4) is 0 Å². The van der Waals surface area contributed by atoms with Crippen molar-refractivity contribution in [3.63, 3.8) is 0 Å². The van der Waals surface area contributed by atoms with E-state index in [1.54, 1.807) is 0 Å². The quantitative estimate of drug-likeness (QED) is 0.697. The second kappa shape index (κ2) is 7.95. The van der Waals surface area contributed by atoms with Crippen molar-refractivity contribution in [2.24, 2.45) is 0 Å². The van der Waals surface area contributed by atoms with Gasteiger partial charge in [-0.3, -0.25) is 9.69 Å². The maximum atomic E-state index is 10.9. The van der Waals surface area contributed by atoms with Gasteiger partial charge in [-0.15, -0.1) is 0 Å². The lowest BCUT2D eigenvalue weighted by Gasteiger charge is -2.22. The normalized spacial score (nSPS) is 12.4. The average molecular weight is 333 g/mol. The van der Waals surface area contributed by atoms with Crippen LogP contribution in [-0.4, -0.2) is 36.1 Å². The summed E-state index contributed by atoms with van der Waals surface area (Å²) in [6.07, 6.45) is 0.881. The Balaban J connectivity index is 1.88. The molecule has 0 aliphatic heterocycles. The van der Waals surface area contributed by atoms with Crippen LogP contribution in [0.5, 0.6) is 0 Å². The summed E-state index contributed by atoms with van der Waals surface area (Å²) in [4.78, 5) is 12.8. The molecule has 0 saturated carbocycles. The van der Waals surface area contributed by atoms with E-state index in [0.717, 1.165) is 13.0 Å². The van der Waals surface area contributed by atoms with Crippen molar-refractivity contribution >= 4 is 16.7 Å². The first-order chi connectivity index (χ1) is 12.1. The van der Waals surface area contributed by atoms with E-state index in [0.29, 0.717) is 0 Å². The molecule has 1 unspecified atom stereocenters. The summed E-state index contributed by atoms with van der Waals surface area (Å²) in [6, 6.07) is 25.4. The largest absolute Gasteiger partial charge is 0.480 e. The molecule has 1 N–H and O–H groups in total. The van der Waals surface area contributed by atoms with Crippen LogP contribution < -0.4 is 0 Å². The maximum absolute atomic E-state index is 10.9. The minimum atomic E-state index is -0.788. The Hall–Kier alpha value is -2.65. The molecule has 1 atom stereocenters. The van der Waals surface area contributed by atoms with Gasteiger partial charge in [-0.2, -0.15) is 0 Å². The van der Waals surface area contributed by atoms with E-state index in [2.05, 4.69) is 66.7 Å². The van der Waals surface area contributed by atoms with Crippen LogP contribution in [0.1, 0.15) is 23.5 Å². The highest BCUT2D eigenvalue weighted by molar-refractivity contribution is 5.83. The third kappa shape index (κ3) is 4.46. The molecule has 3 nitrogen and oxygen atoms in total. The molecular weight excluding hydrogens is 310 g/mol. The van der Waals surface area contributed by atoms with Gasteiger partial charge in [0.15, 0.2) is 0 Å². The standard InChI is InChI=1S/C22H23NO2/c1-23(16-22(24)25)14-13-21(18-8-3-2-4-9-18)20-12-11-17-7-5-6-10-19(17)15-20/h2-12,15,21H,13-14,16H2,1H3,(H,24,25). The molecular formula is C22H23NO2. The van der Waals surface area contributed by atoms with Crippen LogP contribution in [0.3, 0.4) is 0 Å². The van der Waals surface area contributed by atoms with E-state index in [4.69, 9.17) is 5.11 Å². The number of likely N-dealkylation sites (N-methyl/N-ethyl adjacent to an activating group) is 1. The number of carboxylic acids is 1. The number of hydrogen-bond donors (Lipinski definition) is 1. The molecule has 0 saturated heterocycles. The van der Waals surface area contributed by atoms with Gasteiger partial charge < -0.3 is 5.11 Å². The van der Waals surface area contributed by atoms with Gasteiger partial charge in [0.25, 0.3) is 0 Å².